The van der Waals surface area contributed by atoms with Crippen LogP contribution in [0.1, 0.15) is 17.3 Å². The predicted molar refractivity (Wildman–Crippen MR) is 128 cm³/mol. The lowest BCUT2D eigenvalue weighted by Gasteiger charge is -2.17. The first kappa shape index (κ1) is 23.4. The van der Waals surface area contributed by atoms with Crippen LogP contribution in [0.25, 0.3) is 16.8 Å². The zero-order valence-electron chi connectivity index (χ0n) is 18.0. The summed E-state index contributed by atoms with van der Waals surface area (Å²) < 4.78 is 33.6. The standard InChI is InChI=1S/C25H19ClN2O5S/c1-2-33-25(30)22-21(17-9-5-3-6-10-17)23(34(31,32)20-11-7-4-8-12-20)27-28(24(22)29)19-15-13-18(26)14-16-19/h3-16H,2H2,1H3. The molecule has 0 fully saturated rings. The van der Waals surface area contributed by atoms with Crippen LogP contribution in [0.3, 0.4) is 0 Å². The zero-order valence-corrected chi connectivity index (χ0v) is 19.6. The maximum absolute atomic E-state index is 13.8. The van der Waals surface area contributed by atoms with Gasteiger partial charge in [-0.3, -0.25) is 4.79 Å². The summed E-state index contributed by atoms with van der Waals surface area (Å²) in [7, 11) is -4.25. The largest absolute Gasteiger partial charge is 0.462 e. The number of rotatable bonds is 6. The molecule has 0 amide bonds. The van der Waals surface area contributed by atoms with Crippen molar-refractivity contribution < 1.29 is 17.9 Å². The maximum Gasteiger partial charge on any atom is 0.344 e. The van der Waals surface area contributed by atoms with E-state index in [-0.39, 0.29) is 22.8 Å². The van der Waals surface area contributed by atoms with Crippen molar-refractivity contribution in [2.75, 3.05) is 6.61 Å². The van der Waals surface area contributed by atoms with Crippen LogP contribution >= 0.6 is 11.6 Å². The molecule has 0 spiro atoms. The number of carbonyl (C=O) groups is 1. The maximum atomic E-state index is 13.8. The average Bonchev–Trinajstić information content (AvgIpc) is 2.85. The molecule has 1 heterocycles. The quantitative estimate of drug-likeness (QED) is 0.364. The Morgan fingerprint density at radius 3 is 2.12 bits per heavy atom. The Kier molecular flexibility index (Phi) is 6.63. The van der Waals surface area contributed by atoms with Gasteiger partial charge in [-0.25, -0.2) is 13.2 Å². The first-order valence-corrected chi connectivity index (χ1v) is 12.2. The highest BCUT2D eigenvalue weighted by molar-refractivity contribution is 7.91. The molecule has 0 aliphatic carbocycles. The Hall–Kier alpha value is -3.75. The van der Waals surface area contributed by atoms with Gasteiger partial charge in [-0.2, -0.15) is 9.78 Å². The third kappa shape index (κ3) is 4.37. The Labute approximate surface area is 201 Å². The highest BCUT2D eigenvalue weighted by Gasteiger charge is 2.32. The van der Waals surface area contributed by atoms with Crippen molar-refractivity contribution in [2.45, 2.75) is 16.8 Å². The van der Waals surface area contributed by atoms with E-state index in [0.717, 1.165) is 4.68 Å². The summed E-state index contributed by atoms with van der Waals surface area (Å²) in [6.07, 6.45) is 0. The molecule has 0 N–H and O–H groups in total. The summed E-state index contributed by atoms with van der Waals surface area (Å²) in [5.74, 6) is -0.944. The van der Waals surface area contributed by atoms with Gasteiger partial charge in [0.2, 0.25) is 9.84 Å². The van der Waals surface area contributed by atoms with Gasteiger partial charge in [-0.15, -0.1) is 0 Å². The van der Waals surface area contributed by atoms with Crippen LogP contribution in [0.2, 0.25) is 5.02 Å². The predicted octanol–water partition coefficient (Wildman–Crippen LogP) is 4.56. The van der Waals surface area contributed by atoms with E-state index in [2.05, 4.69) is 5.10 Å². The summed E-state index contributed by atoms with van der Waals surface area (Å²) in [5.41, 5.74) is -0.769. The molecule has 172 valence electrons. The minimum Gasteiger partial charge on any atom is -0.462 e. The van der Waals surface area contributed by atoms with Gasteiger partial charge in [0.05, 0.1) is 17.2 Å². The lowest BCUT2D eigenvalue weighted by atomic mass is 10.0. The second-order valence-corrected chi connectivity index (χ2v) is 9.45. The molecule has 0 atom stereocenters. The lowest BCUT2D eigenvalue weighted by Crippen LogP contribution is -2.32. The van der Waals surface area contributed by atoms with E-state index in [1.165, 1.54) is 36.4 Å². The summed E-state index contributed by atoms with van der Waals surface area (Å²) in [6, 6.07) is 22.1. The molecule has 0 aliphatic heterocycles. The van der Waals surface area contributed by atoms with E-state index in [9.17, 15) is 18.0 Å². The molecule has 0 saturated heterocycles. The topological polar surface area (TPSA) is 95.3 Å². The Bertz CT molecular complexity index is 1500. The number of benzene rings is 3. The highest BCUT2D eigenvalue weighted by Crippen LogP contribution is 2.32. The van der Waals surface area contributed by atoms with Gasteiger partial charge < -0.3 is 4.74 Å². The van der Waals surface area contributed by atoms with Gasteiger partial charge in [-0.05, 0) is 48.9 Å². The number of aromatic nitrogens is 2. The number of esters is 1. The van der Waals surface area contributed by atoms with Gasteiger partial charge in [0.25, 0.3) is 5.56 Å². The number of sulfone groups is 1. The number of ether oxygens (including phenoxy) is 1. The van der Waals surface area contributed by atoms with Crippen molar-refractivity contribution in [3.05, 3.63) is 106 Å². The second kappa shape index (κ2) is 9.62. The average molecular weight is 495 g/mol. The van der Waals surface area contributed by atoms with Crippen LogP contribution < -0.4 is 5.56 Å². The summed E-state index contributed by atoms with van der Waals surface area (Å²) >= 11 is 5.97. The Morgan fingerprint density at radius 2 is 1.53 bits per heavy atom. The molecule has 0 unspecified atom stereocenters. The van der Waals surface area contributed by atoms with Gasteiger partial charge in [-0.1, -0.05) is 60.1 Å². The molecule has 34 heavy (non-hydrogen) atoms. The number of halogens is 1. The highest BCUT2D eigenvalue weighted by atomic mass is 35.5. The smallest absolute Gasteiger partial charge is 0.344 e. The molecule has 0 saturated carbocycles. The van der Waals surface area contributed by atoms with E-state index in [0.29, 0.717) is 10.6 Å². The van der Waals surface area contributed by atoms with Crippen LogP contribution in [0.15, 0.2) is 99.6 Å². The van der Waals surface area contributed by atoms with Gasteiger partial charge in [0.1, 0.15) is 5.56 Å². The third-order valence-electron chi connectivity index (χ3n) is 4.98. The zero-order chi connectivity index (χ0) is 24.3. The normalized spacial score (nSPS) is 11.2. The van der Waals surface area contributed by atoms with Crippen molar-refractivity contribution in [3.8, 4) is 16.8 Å². The summed E-state index contributed by atoms with van der Waals surface area (Å²) in [4.78, 5) is 26.6. The molecule has 0 aliphatic rings. The minimum absolute atomic E-state index is 0.00343. The minimum atomic E-state index is -4.25. The SMILES string of the molecule is CCOC(=O)c1c(-c2ccccc2)c(S(=O)(=O)c2ccccc2)nn(-c2ccc(Cl)cc2)c1=O. The van der Waals surface area contributed by atoms with E-state index in [1.54, 1.807) is 55.5 Å². The summed E-state index contributed by atoms with van der Waals surface area (Å²) in [5, 5.41) is 4.24. The van der Waals surface area contributed by atoms with E-state index >= 15 is 0 Å². The van der Waals surface area contributed by atoms with Gasteiger partial charge in [0.15, 0.2) is 5.03 Å². The van der Waals surface area contributed by atoms with Crippen molar-refractivity contribution in [1.82, 2.24) is 9.78 Å². The van der Waals surface area contributed by atoms with Crippen molar-refractivity contribution in [1.29, 1.82) is 0 Å². The molecule has 4 aromatic rings. The Morgan fingerprint density at radius 1 is 0.941 bits per heavy atom. The van der Waals surface area contributed by atoms with Crippen LogP contribution in [0.4, 0.5) is 0 Å². The monoisotopic (exact) mass is 494 g/mol. The fraction of sp³-hybridized carbons (Fsp3) is 0.0800. The number of hydrogen-bond acceptors (Lipinski definition) is 6. The van der Waals surface area contributed by atoms with Crippen LogP contribution in [0, 0.1) is 0 Å². The summed E-state index contributed by atoms with van der Waals surface area (Å²) in [6.45, 7) is 1.59. The first-order chi connectivity index (χ1) is 16.3. The molecular weight excluding hydrogens is 476 g/mol. The van der Waals surface area contributed by atoms with Crippen molar-refractivity contribution in [3.63, 3.8) is 0 Å². The molecule has 3 aromatic carbocycles. The second-order valence-electron chi connectivity index (χ2n) is 7.15. The number of carbonyl (C=O) groups excluding carboxylic acids is 1. The van der Waals surface area contributed by atoms with Gasteiger partial charge >= 0.3 is 5.97 Å². The van der Waals surface area contributed by atoms with E-state index < -0.39 is 32.0 Å². The molecule has 0 bridgehead atoms. The van der Waals surface area contributed by atoms with Crippen LogP contribution in [-0.4, -0.2) is 30.8 Å². The van der Waals surface area contributed by atoms with Gasteiger partial charge in [0, 0.05) is 10.6 Å². The molecular formula is C25H19ClN2O5S. The van der Waals surface area contributed by atoms with Crippen LogP contribution in [0.5, 0.6) is 0 Å². The molecule has 0 radical (unpaired) electrons. The molecule has 1 aromatic heterocycles. The fourth-order valence-corrected chi connectivity index (χ4v) is 4.97. The fourth-order valence-electron chi connectivity index (χ4n) is 3.43. The first-order valence-electron chi connectivity index (χ1n) is 10.3. The van der Waals surface area contributed by atoms with E-state index in [1.807, 2.05) is 0 Å². The Balaban J connectivity index is 2.16. The van der Waals surface area contributed by atoms with E-state index in [4.69, 9.17) is 16.3 Å². The lowest BCUT2D eigenvalue weighted by molar-refractivity contribution is 0.0524. The molecule has 4 rings (SSSR count). The molecule has 7 nitrogen and oxygen atoms in total. The number of hydrogen-bond donors (Lipinski definition) is 0. The van der Waals surface area contributed by atoms with Crippen molar-refractivity contribution in [2.24, 2.45) is 0 Å². The van der Waals surface area contributed by atoms with Crippen LogP contribution in [-0.2, 0) is 14.6 Å². The van der Waals surface area contributed by atoms with Crippen molar-refractivity contribution >= 4 is 27.4 Å². The number of nitrogens with zero attached hydrogens (tertiary/aromatic N) is 2. The third-order valence-corrected chi connectivity index (χ3v) is 6.92. The molecule has 9 heteroatoms.